The van der Waals surface area contributed by atoms with Gasteiger partial charge in [0.2, 0.25) is 5.91 Å². The van der Waals surface area contributed by atoms with Gasteiger partial charge in [0, 0.05) is 22.6 Å². The minimum Gasteiger partial charge on any atom is -0.326 e. The highest BCUT2D eigenvalue weighted by molar-refractivity contribution is 5.94. The summed E-state index contributed by atoms with van der Waals surface area (Å²) < 4.78 is 0. The number of carbonyl (C=O) groups excluding carboxylic acids is 1. The van der Waals surface area contributed by atoms with Crippen molar-refractivity contribution in [2.24, 2.45) is 11.3 Å². The van der Waals surface area contributed by atoms with Crippen molar-refractivity contribution in [3.8, 4) is 11.8 Å². The average molecular weight is 271 g/mol. The predicted molar refractivity (Wildman–Crippen MR) is 85.5 cm³/mol. The zero-order valence-corrected chi connectivity index (χ0v) is 13.2. The molecule has 0 bridgehead atoms. The SMILES string of the molecule is CCCC(C)(C)C(=O)Nc1ccc(C#CC(C)C)cc1. The normalized spacial score (nSPS) is 10.9. The molecule has 0 unspecified atom stereocenters. The van der Waals surface area contributed by atoms with Gasteiger partial charge in [-0.3, -0.25) is 4.79 Å². The lowest BCUT2D eigenvalue weighted by Gasteiger charge is -2.22. The Morgan fingerprint density at radius 2 is 1.85 bits per heavy atom. The number of anilines is 1. The molecule has 0 aliphatic carbocycles. The molecule has 20 heavy (non-hydrogen) atoms. The number of rotatable bonds is 4. The smallest absolute Gasteiger partial charge is 0.230 e. The van der Waals surface area contributed by atoms with Crippen molar-refractivity contribution in [3.05, 3.63) is 29.8 Å². The molecule has 1 rings (SSSR count). The van der Waals surface area contributed by atoms with Gasteiger partial charge in [0.15, 0.2) is 0 Å². The van der Waals surface area contributed by atoms with E-state index in [2.05, 4.69) is 37.9 Å². The van der Waals surface area contributed by atoms with E-state index in [0.717, 1.165) is 24.1 Å². The van der Waals surface area contributed by atoms with Crippen LogP contribution in [0.1, 0.15) is 53.0 Å². The molecule has 0 aromatic heterocycles. The van der Waals surface area contributed by atoms with Crippen molar-refractivity contribution < 1.29 is 4.79 Å². The molecular formula is C18H25NO. The van der Waals surface area contributed by atoms with Crippen molar-refractivity contribution in [2.45, 2.75) is 47.5 Å². The lowest BCUT2D eigenvalue weighted by Crippen LogP contribution is -2.30. The molecule has 1 aromatic rings. The van der Waals surface area contributed by atoms with Gasteiger partial charge < -0.3 is 5.32 Å². The summed E-state index contributed by atoms with van der Waals surface area (Å²) in [4.78, 5) is 12.2. The summed E-state index contributed by atoms with van der Waals surface area (Å²) in [6.07, 6.45) is 1.89. The predicted octanol–water partition coefficient (Wildman–Crippen LogP) is 4.46. The number of benzene rings is 1. The molecule has 1 N–H and O–H groups in total. The number of nitrogens with one attached hydrogen (secondary N) is 1. The number of amides is 1. The van der Waals surface area contributed by atoms with Crippen molar-refractivity contribution >= 4 is 11.6 Å². The third-order valence-electron chi connectivity index (χ3n) is 3.14. The Morgan fingerprint density at radius 1 is 1.25 bits per heavy atom. The average Bonchev–Trinajstić information content (AvgIpc) is 2.37. The molecule has 0 saturated carbocycles. The van der Waals surface area contributed by atoms with Crippen LogP contribution in [0.4, 0.5) is 5.69 Å². The van der Waals surface area contributed by atoms with Crippen LogP contribution < -0.4 is 5.32 Å². The first kappa shape index (κ1) is 16.3. The lowest BCUT2D eigenvalue weighted by atomic mass is 9.87. The highest BCUT2D eigenvalue weighted by Crippen LogP contribution is 2.24. The highest BCUT2D eigenvalue weighted by Gasteiger charge is 2.26. The van der Waals surface area contributed by atoms with Crippen LogP contribution in [0.25, 0.3) is 0 Å². The minimum absolute atomic E-state index is 0.0698. The molecule has 0 fully saturated rings. The van der Waals surface area contributed by atoms with E-state index in [-0.39, 0.29) is 11.3 Å². The Labute approximate surface area is 123 Å². The largest absolute Gasteiger partial charge is 0.326 e. The van der Waals surface area contributed by atoms with E-state index < -0.39 is 0 Å². The summed E-state index contributed by atoms with van der Waals surface area (Å²) in [6.45, 7) is 10.2. The molecule has 0 saturated heterocycles. The summed E-state index contributed by atoms with van der Waals surface area (Å²) in [6, 6.07) is 7.70. The van der Waals surface area contributed by atoms with Crippen LogP contribution in [0, 0.1) is 23.2 Å². The van der Waals surface area contributed by atoms with Crippen LogP contribution >= 0.6 is 0 Å². The van der Waals surface area contributed by atoms with Gasteiger partial charge in [0.25, 0.3) is 0 Å². The Morgan fingerprint density at radius 3 is 2.35 bits per heavy atom. The van der Waals surface area contributed by atoms with E-state index in [1.807, 2.05) is 38.1 Å². The second kappa shape index (κ2) is 7.14. The van der Waals surface area contributed by atoms with Gasteiger partial charge in [0.05, 0.1) is 0 Å². The van der Waals surface area contributed by atoms with Crippen LogP contribution in [0.3, 0.4) is 0 Å². The first-order chi connectivity index (χ1) is 9.35. The second-order valence-electron chi connectivity index (χ2n) is 6.09. The van der Waals surface area contributed by atoms with Gasteiger partial charge in [-0.2, -0.15) is 0 Å². The molecule has 1 aromatic carbocycles. The molecular weight excluding hydrogens is 246 g/mol. The topological polar surface area (TPSA) is 29.1 Å². The maximum atomic E-state index is 12.2. The molecule has 0 heterocycles. The third kappa shape index (κ3) is 5.09. The number of carbonyl (C=O) groups is 1. The van der Waals surface area contributed by atoms with Crippen molar-refractivity contribution in [1.29, 1.82) is 0 Å². The summed E-state index contributed by atoms with van der Waals surface area (Å²) in [5.41, 5.74) is 1.48. The van der Waals surface area contributed by atoms with Crippen LogP contribution in [-0.2, 0) is 4.79 Å². The van der Waals surface area contributed by atoms with Crippen molar-refractivity contribution in [2.75, 3.05) is 5.32 Å². The van der Waals surface area contributed by atoms with E-state index in [1.54, 1.807) is 0 Å². The van der Waals surface area contributed by atoms with E-state index in [0.29, 0.717) is 5.92 Å². The second-order valence-corrected chi connectivity index (χ2v) is 6.09. The Hall–Kier alpha value is -1.75. The van der Waals surface area contributed by atoms with Gasteiger partial charge in [-0.05, 0) is 30.7 Å². The van der Waals surface area contributed by atoms with E-state index in [1.165, 1.54) is 0 Å². The fourth-order valence-electron chi connectivity index (χ4n) is 1.90. The molecule has 2 heteroatoms. The first-order valence-corrected chi connectivity index (χ1v) is 7.28. The molecule has 0 atom stereocenters. The van der Waals surface area contributed by atoms with E-state index >= 15 is 0 Å². The summed E-state index contributed by atoms with van der Waals surface area (Å²) in [5, 5.41) is 2.97. The monoisotopic (exact) mass is 271 g/mol. The van der Waals surface area contributed by atoms with Crippen LogP contribution in [-0.4, -0.2) is 5.91 Å². The van der Waals surface area contributed by atoms with Gasteiger partial charge in [-0.15, -0.1) is 0 Å². The third-order valence-corrected chi connectivity index (χ3v) is 3.14. The molecule has 108 valence electrons. The molecule has 0 spiro atoms. The van der Waals surface area contributed by atoms with Crippen molar-refractivity contribution in [3.63, 3.8) is 0 Å². The fraction of sp³-hybridized carbons (Fsp3) is 0.500. The first-order valence-electron chi connectivity index (χ1n) is 7.28. The standard InChI is InChI=1S/C18H25NO/c1-6-13-18(4,5)17(20)19-16-11-9-15(10-12-16)8-7-14(2)3/h9-12,14H,6,13H2,1-5H3,(H,19,20). The van der Waals surface area contributed by atoms with Gasteiger partial charge in [-0.1, -0.05) is 52.9 Å². The zero-order chi connectivity index (χ0) is 15.2. The van der Waals surface area contributed by atoms with Gasteiger partial charge in [0.1, 0.15) is 0 Å². The van der Waals surface area contributed by atoms with Gasteiger partial charge >= 0.3 is 0 Å². The summed E-state index contributed by atoms with van der Waals surface area (Å²) in [7, 11) is 0. The summed E-state index contributed by atoms with van der Waals surface area (Å²) >= 11 is 0. The van der Waals surface area contributed by atoms with Crippen LogP contribution in [0.2, 0.25) is 0 Å². The quantitative estimate of drug-likeness (QED) is 0.805. The van der Waals surface area contributed by atoms with E-state index in [4.69, 9.17) is 0 Å². The molecule has 0 radical (unpaired) electrons. The maximum Gasteiger partial charge on any atom is 0.230 e. The Kier molecular flexibility index (Phi) is 5.82. The number of hydrogen-bond acceptors (Lipinski definition) is 1. The lowest BCUT2D eigenvalue weighted by molar-refractivity contribution is -0.124. The maximum absolute atomic E-state index is 12.2. The highest BCUT2D eigenvalue weighted by atomic mass is 16.2. The molecule has 0 aliphatic rings. The summed E-state index contributed by atoms with van der Waals surface area (Å²) in [5.74, 6) is 6.67. The zero-order valence-electron chi connectivity index (χ0n) is 13.2. The Balaban J connectivity index is 2.71. The molecule has 2 nitrogen and oxygen atoms in total. The van der Waals surface area contributed by atoms with E-state index in [9.17, 15) is 4.79 Å². The van der Waals surface area contributed by atoms with Crippen molar-refractivity contribution in [1.82, 2.24) is 0 Å². The molecule has 1 amide bonds. The van der Waals surface area contributed by atoms with Gasteiger partial charge in [-0.25, -0.2) is 0 Å². The molecule has 0 aliphatic heterocycles. The number of hydrogen-bond donors (Lipinski definition) is 1. The Bertz CT molecular complexity index is 500. The minimum atomic E-state index is -0.329. The van der Waals surface area contributed by atoms with Crippen LogP contribution in [0.5, 0.6) is 0 Å². The fourth-order valence-corrected chi connectivity index (χ4v) is 1.90. The van der Waals surface area contributed by atoms with Crippen LogP contribution in [0.15, 0.2) is 24.3 Å².